The van der Waals surface area contributed by atoms with E-state index in [0.717, 1.165) is 23.5 Å². The van der Waals surface area contributed by atoms with Crippen LogP contribution in [-0.4, -0.2) is 9.97 Å². The number of aromatic nitrogens is 2. The van der Waals surface area contributed by atoms with Crippen LogP contribution in [0.5, 0.6) is 0 Å². The summed E-state index contributed by atoms with van der Waals surface area (Å²) in [4.78, 5) is 7.63. The maximum Gasteiger partial charge on any atom is 0.130 e. The minimum atomic E-state index is 0.632. The van der Waals surface area contributed by atoms with Crippen LogP contribution in [0.2, 0.25) is 0 Å². The molecule has 3 rings (SSSR count). The van der Waals surface area contributed by atoms with Crippen LogP contribution >= 0.6 is 12.2 Å². The number of nitrogens with one attached hydrogen (secondary N) is 1. The topological polar surface area (TPSA) is 28.7 Å². The Morgan fingerprint density at radius 2 is 1.52 bits per heavy atom. The summed E-state index contributed by atoms with van der Waals surface area (Å²) in [6, 6.07) is 20.8. The van der Waals surface area contributed by atoms with Crippen LogP contribution in [0.4, 0.5) is 0 Å². The molecule has 0 fully saturated rings. The van der Waals surface area contributed by atoms with Crippen LogP contribution in [-0.2, 0) is 6.42 Å². The number of benzene rings is 2. The molecule has 3 aromatic rings. The van der Waals surface area contributed by atoms with Gasteiger partial charge in [-0.05, 0) is 22.8 Å². The van der Waals surface area contributed by atoms with Gasteiger partial charge in [-0.2, -0.15) is 0 Å². The monoisotopic (exact) mass is 292 g/mol. The Balaban J connectivity index is 1.98. The third-order valence-corrected chi connectivity index (χ3v) is 3.64. The highest BCUT2D eigenvalue weighted by Crippen LogP contribution is 2.23. The van der Waals surface area contributed by atoms with Crippen LogP contribution in [0.15, 0.2) is 60.7 Å². The molecule has 0 aliphatic carbocycles. The number of rotatable bonds is 3. The van der Waals surface area contributed by atoms with Gasteiger partial charge in [-0.25, -0.2) is 4.98 Å². The van der Waals surface area contributed by atoms with Crippen molar-refractivity contribution in [2.75, 3.05) is 0 Å². The van der Waals surface area contributed by atoms with Gasteiger partial charge < -0.3 is 4.98 Å². The molecule has 0 unspecified atom stereocenters. The first-order valence-corrected chi connectivity index (χ1v) is 7.43. The Labute approximate surface area is 129 Å². The summed E-state index contributed by atoms with van der Waals surface area (Å²) in [5.74, 6) is 0.921. The van der Waals surface area contributed by atoms with Gasteiger partial charge in [-0.1, -0.05) is 73.7 Å². The lowest BCUT2D eigenvalue weighted by molar-refractivity contribution is 0.936. The lowest BCUT2D eigenvalue weighted by Crippen LogP contribution is -1.95. The Morgan fingerprint density at radius 3 is 2.19 bits per heavy atom. The van der Waals surface area contributed by atoms with E-state index >= 15 is 0 Å². The van der Waals surface area contributed by atoms with Gasteiger partial charge >= 0.3 is 0 Å². The molecule has 1 heterocycles. The molecule has 0 spiro atoms. The first kappa shape index (κ1) is 13.7. The van der Waals surface area contributed by atoms with Crippen LogP contribution in [0.1, 0.15) is 12.7 Å². The van der Waals surface area contributed by atoms with Crippen molar-refractivity contribution in [1.29, 1.82) is 0 Å². The van der Waals surface area contributed by atoms with Crippen LogP contribution in [0.25, 0.3) is 22.4 Å². The standard InChI is InChI=1S/C18H16N2S/c1-2-17-19-16(12-18(21)20-17)15-10-8-14(9-11-15)13-6-4-3-5-7-13/h3-12H,2H2,1H3,(H,19,20,21). The molecule has 0 bridgehead atoms. The van der Waals surface area contributed by atoms with E-state index in [4.69, 9.17) is 12.2 Å². The van der Waals surface area contributed by atoms with E-state index in [1.165, 1.54) is 11.1 Å². The third kappa shape index (κ3) is 3.09. The molecular formula is C18H16N2S. The summed E-state index contributed by atoms with van der Waals surface area (Å²) in [5.41, 5.74) is 4.58. The van der Waals surface area contributed by atoms with Gasteiger partial charge in [0.2, 0.25) is 0 Å². The van der Waals surface area contributed by atoms with Crippen molar-refractivity contribution >= 4 is 12.2 Å². The van der Waals surface area contributed by atoms with Crippen molar-refractivity contribution in [1.82, 2.24) is 9.97 Å². The van der Waals surface area contributed by atoms with Crippen molar-refractivity contribution in [3.05, 3.63) is 71.1 Å². The number of H-pyrrole nitrogens is 1. The molecule has 2 aromatic carbocycles. The molecule has 0 saturated carbocycles. The smallest absolute Gasteiger partial charge is 0.130 e. The van der Waals surface area contributed by atoms with Gasteiger partial charge in [-0.15, -0.1) is 0 Å². The van der Waals surface area contributed by atoms with E-state index < -0.39 is 0 Å². The average Bonchev–Trinajstić information content (AvgIpc) is 2.55. The summed E-state index contributed by atoms with van der Waals surface area (Å²) in [6.45, 7) is 2.07. The summed E-state index contributed by atoms with van der Waals surface area (Å²) in [7, 11) is 0. The molecular weight excluding hydrogens is 276 g/mol. The first-order valence-electron chi connectivity index (χ1n) is 7.02. The highest BCUT2D eigenvalue weighted by Gasteiger charge is 2.02. The van der Waals surface area contributed by atoms with Crippen LogP contribution < -0.4 is 0 Å². The summed E-state index contributed by atoms with van der Waals surface area (Å²) in [6.07, 6.45) is 0.847. The second kappa shape index (κ2) is 6.02. The zero-order valence-corrected chi connectivity index (χ0v) is 12.7. The maximum absolute atomic E-state index is 5.22. The lowest BCUT2D eigenvalue weighted by Gasteiger charge is -2.06. The van der Waals surface area contributed by atoms with Gasteiger partial charge in [0.15, 0.2) is 0 Å². The fourth-order valence-corrected chi connectivity index (χ4v) is 2.53. The average molecular weight is 292 g/mol. The predicted molar refractivity (Wildman–Crippen MR) is 89.7 cm³/mol. The van der Waals surface area contributed by atoms with Crippen molar-refractivity contribution in [2.24, 2.45) is 0 Å². The molecule has 0 aliphatic heterocycles. The summed E-state index contributed by atoms with van der Waals surface area (Å²) in [5, 5.41) is 0. The number of hydrogen-bond acceptors (Lipinski definition) is 2. The largest absolute Gasteiger partial charge is 0.343 e. The molecule has 0 radical (unpaired) electrons. The van der Waals surface area contributed by atoms with E-state index in [0.29, 0.717) is 4.64 Å². The van der Waals surface area contributed by atoms with Crippen LogP contribution in [0.3, 0.4) is 0 Å². The Kier molecular flexibility index (Phi) is 3.93. The van der Waals surface area contributed by atoms with Crippen LogP contribution in [0, 0.1) is 4.64 Å². The molecule has 0 aliphatic rings. The summed E-state index contributed by atoms with van der Waals surface area (Å²) < 4.78 is 0.632. The summed E-state index contributed by atoms with van der Waals surface area (Å²) >= 11 is 5.22. The fraction of sp³-hybridized carbons (Fsp3) is 0.111. The number of nitrogens with zero attached hydrogens (tertiary/aromatic N) is 1. The molecule has 1 aromatic heterocycles. The van der Waals surface area contributed by atoms with Crippen molar-refractivity contribution in [3.8, 4) is 22.4 Å². The molecule has 1 N–H and O–H groups in total. The minimum absolute atomic E-state index is 0.632. The molecule has 2 nitrogen and oxygen atoms in total. The predicted octanol–water partition coefficient (Wildman–Crippen LogP) is 5.04. The van der Waals surface area contributed by atoms with Gasteiger partial charge in [0.1, 0.15) is 10.5 Å². The van der Waals surface area contributed by atoms with E-state index in [-0.39, 0.29) is 0 Å². The fourth-order valence-electron chi connectivity index (χ4n) is 2.30. The highest BCUT2D eigenvalue weighted by molar-refractivity contribution is 7.71. The highest BCUT2D eigenvalue weighted by atomic mass is 32.1. The SMILES string of the molecule is CCc1nc(=S)cc(-c2ccc(-c3ccccc3)cc2)[nH]1. The van der Waals surface area contributed by atoms with Gasteiger partial charge in [-0.3, -0.25) is 0 Å². The normalized spacial score (nSPS) is 10.5. The second-order valence-electron chi connectivity index (χ2n) is 4.88. The van der Waals surface area contributed by atoms with E-state index in [9.17, 15) is 0 Å². The zero-order valence-electron chi connectivity index (χ0n) is 11.8. The Hall–Kier alpha value is -2.26. The van der Waals surface area contributed by atoms with E-state index in [1.54, 1.807) is 0 Å². The molecule has 21 heavy (non-hydrogen) atoms. The lowest BCUT2D eigenvalue weighted by atomic mass is 10.0. The van der Waals surface area contributed by atoms with Gasteiger partial charge in [0.25, 0.3) is 0 Å². The molecule has 0 atom stereocenters. The van der Waals surface area contributed by atoms with Crippen molar-refractivity contribution in [2.45, 2.75) is 13.3 Å². The van der Waals surface area contributed by atoms with Crippen molar-refractivity contribution in [3.63, 3.8) is 0 Å². The number of aromatic amines is 1. The molecule has 0 amide bonds. The molecule has 3 heteroatoms. The van der Waals surface area contributed by atoms with E-state index in [2.05, 4.69) is 65.4 Å². The third-order valence-electron chi connectivity index (χ3n) is 3.43. The number of hydrogen-bond donors (Lipinski definition) is 1. The molecule has 104 valence electrons. The maximum atomic E-state index is 5.22. The first-order chi connectivity index (χ1) is 10.3. The number of aryl methyl sites for hydroxylation is 1. The zero-order chi connectivity index (χ0) is 14.7. The van der Waals surface area contributed by atoms with Gasteiger partial charge in [0.05, 0.1) is 0 Å². The Morgan fingerprint density at radius 1 is 0.905 bits per heavy atom. The second-order valence-corrected chi connectivity index (χ2v) is 5.29. The van der Waals surface area contributed by atoms with Crippen molar-refractivity contribution < 1.29 is 0 Å². The quantitative estimate of drug-likeness (QED) is 0.685. The Bertz CT molecular complexity index is 789. The van der Waals surface area contributed by atoms with E-state index in [1.807, 2.05) is 12.1 Å². The molecule has 0 saturated heterocycles. The van der Waals surface area contributed by atoms with Gasteiger partial charge in [0, 0.05) is 12.1 Å². The minimum Gasteiger partial charge on any atom is -0.343 e.